The van der Waals surface area contributed by atoms with Crippen molar-refractivity contribution in [1.29, 1.82) is 0 Å². The van der Waals surface area contributed by atoms with E-state index in [-0.39, 0.29) is 0 Å². The van der Waals surface area contributed by atoms with Crippen LogP contribution >= 0.6 is 0 Å². The standard InChI is InChI=1S/C12H15NO3/c1-12(2,3)13-11(15)10(14)7-6-9-5-4-8-16-9/h4-8H,1-3H3,(H,13,15)/b7-6+. The van der Waals surface area contributed by atoms with Crippen molar-refractivity contribution in [2.75, 3.05) is 0 Å². The fraction of sp³-hybridized carbons (Fsp3) is 0.333. The number of nitrogens with one attached hydrogen (secondary N) is 1. The van der Waals surface area contributed by atoms with Gasteiger partial charge in [0.25, 0.3) is 5.91 Å². The summed E-state index contributed by atoms with van der Waals surface area (Å²) in [4.78, 5) is 22.8. The van der Waals surface area contributed by atoms with Gasteiger partial charge in [0.1, 0.15) is 5.76 Å². The molecule has 4 heteroatoms. The lowest BCUT2D eigenvalue weighted by atomic mass is 10.1. The summed E-state index contributed by atoms with van der Waals surface area (Å²) in [5.74, 6) is -0.668. The van der Waals surface area contributed by atoms with Crippen LogP contribution in [0.25, 0.3) is 6.08 Å². The van der Waals surface area contributed by atoms with Crippen LogP contribution in [0.1, 0.15) is 26.5 Å². The Bertz CT molecular complexity index is 396. The second-order valence-corrected chi connectivity index (χ2v) is 4.42. The van der Waals surface area contributed by atoms with Crippen LogP contribution in [0.5, 0.6) is 0 Å². The highest BCUT2D eigenvalue weighted by Gasteiger charge is 2.17. The molecule has 16 heavy (non-hydrogen) atoms. The van der Waals surface area contributed by atoms with E-state index < -0.39 is 17.2 Å². The molecule has 0 radical (unpaired) electrons. The van der Waals surface area contributed by atoms with E-state index in [2.05, 4.69) is 5.32 Å². The Morgan fingerprint density at radius 3 is 2.56 bits per heavy atom. The first-order chi connectivity index (χ1) is 7.38. The number of hydrogen-bond acceptors (Lipinski definition) is 3. The predicted octanol–water partition coefficient (Wildman–Crippen LogP) is 1.78. The molecule has 0 spiro atoms. The topological polar surface area (TPSA) is 59.3 Å². The number of rotatable bonds is 3. The molecule has 0 aliphatic carbocycles. The van der Waals surface area contributed by atoms with Gasteiger partial charge in [-0.2, -0.15) is 0 Å². The highest BCUT2D eigenvalue weighted by Crippen LogP contribution is 2.03. The van der Waals surface area contributed by atoms with Gasteiger partial charge in [0, 0.05) is 5.54 Å². The normalized spacial score (nSPS) is 11.7. The van der Waals surface area contributed by atoms with Gasteiger partial charge in [-0.25, -0.2) is 0 Å². The van der Waals surface area contributed by atoms with E-state index in [1.807, 2.05) is 20.8 Å². The monoisotopic (exact) mass is 221 g/mol. The molecule has 0 aliphatic rings. The van der Waals surface area contributed by atoms with Gasteiger partial charge in [0.15, 0.2) is 0 Å². The van der Waals surface area contributed by atoms with Gasteiger partial charge in [-0.05, 0) is 45.1 Å². The van der Waals surface area contributed by atoms with E-state index in [1.54, 1.807) is 12.1 Å². The molecule has 1 aromatic heterocycles. The quantitative estimate of drug-likeness (QED) is 0.625. The fourth-order valence-corrected chi connectivity index (χ4v) is 1.02. The minimum atomic E-state index is -0.615. The van der Waals surface area contributed by atoms with E-state index in [1.165, 1.54) is 18.4 Å². The summed E-state index contributed by atoms with van der Waals surface area (Å²) in [6.07, 6.45) is 4.16. The molecule has 0 bridgehead atoms. The van der Waals surface area contributed by atoms with E-state index >= 15 is 0 Å². The first kappa shape index (κ1) is 12.2. The molecule has 0 aromatic carbocycles. The van der Waals surface area contributed by atoms with Crippen molar-refractivity contribution < 1.29 is 14.0 Å². The van der Waals surface area contributed by atoms with Gasteiger partial charge in [-0.1, -0.05) is 0 Å². The van der Waals surface area contributed by atoms with Crippen LogP contribution in [0, 0.1) is 0 Å². The second kappa shape index (κ2) is 4.79. The van der Waals surface area contributed by atoms with Crippen molar-refractivity contribution in [2.24, 2.45) is 0 Å². The number of amides is 1. The van der Waals surface area contributed by atoms with Crippen molar-refractivity contribution in [3.63, 3.8) is 0 Å². The molecule has 0 saturated heterocycles. The van der Waals surface area contributed by atoms with Gasteiger partial charge >= 0.3 is 0 Å². The smallest absolute Gasteiger partial charge is 0.292 e. The molecule has 4 nitrogen and oxygen atoms in total. The Morgan fingerprint density at radius 1 is 1.38 bits per heavy atom. The summed E-state index contributed by atoms with van der Waals surface area (Å²) in [7, 11) is 0. The summed E-state index contributed by atoms with van der Waals surface area (Å²) >= 11 is 0. The maximum absolute atomic E-state index is 11.4. The molecule has 0 atom stereocenters. The molecule has 1 aromatic rings. The first-order valence-electron chi connectivity index (χ1n) is 4.96. The summed E-state index contributed by atoms with van der Waals surface area (Å²) < 4.78 is 4.99. The number of carbonyl (C=O) groups excluding carboxylic acids is 2. The van der Waals surface area contributed by atoms with Crippen molar-refractivity contribution >= 4 is 17.8 Å². The molecule has 86 valence electrons. The molecule has 0 unspecified atom stereocenters. The third kappa shape index (κ3) is 4.13. The van der Waals surface area contributed by atoms with Crippen LogP contribution in [0.15, 0.2) is 28.9 Å². The summed E-state index contributed by atoms with van der Waals surface area (Å²) in [6.45, 7) is 5.44. The lowest BCUT2D eigenvalue weighted by Crippen LogP contribution is -2.43. The van der Waals surface area contributed by atoms with Crippen LogP contribution < -0.4 is 5.32 Å². The largest absolute Gasteiger partial charge is 0.465 e. The van der Waals surface area contributed by atoms with Gasteiger partial charge in [0.2, 0.25) is 5.78 Å². The molecular formula is C12H15NO3. The second-order valence-electron chi connectivity index (χ2n) is 4.42. The maximum Gasteiger partial charge on any atom is 0.292 e. The van der Waals surface area contributed by atoms with E-state index in [9.17, 15) is 9.59 Å². The highest BCUT2D eigenvalue weighted by atomic mass is 16.3. The average Bonchev–Trinajstić information content (AvgIpc) is 2.63. The number of ketones is 1. The number of hydrogen-bond donors (Lipinski definition) is 1. The lowest BCUT2D eigenvalue weighted by molar-refractivity contribution is -0.136. The Hall–Kier alpha value is -1.84. The van der Waals surface area contributed by atoms with E-state index in [4.69, 9.17) is 4.42 Å². The van der Waals surface area contributed by atoms with Crippen molar-refractivity contribution in [1.82, 2.24) is 5.32 Å². The van der Waals surface area contributed by atoms with Crippen LogP contribution in [0.3, 0.4) is 0 Å². The van der Waals surface area contributed by atoms with Crippen molar-refractivity contribution in [2.45, 2.75) is 26.3 Å². The van der Waals surface area contributed by atoms with E-state index in [0.29, 0.717) is 5.76 Å². The summed E-state index contributed by atoms with van der Waals surface area (Å²) in [5.41, 5.74) is -0.411. The molecule has 1 rings (SSSR count). The number of furan rings is 1. The third-order valence-electron chi connectivity index (χ3n) is 1.65. The Kier molecular flexibility index (Phi) is 3.66. The summed E-state index contributed by atoms with van der Waals surface area (Å²) in [6, 6.07) is 3.41. The molecular weight excluding hydrogens is 206 g/mol. The van der Waals surface area contributed by atoms with Crippen LogP contribution in [0.2, 0.25) is 0 Å². The van der Waals surface area contributed by atoms with Crippen molar-refractivity contribution in [3.05, 3.63) is 30.2 Å². The zero-order chi connectivity index (χ0) is 12.2. The highest BCUT2D eigenvalue weighted by molar-refractivity contribution is 6.41. The minimum absolute atomic E-state index is 0.411. The maximum atomic E-state index is 11.4. The predicted molar refractivity (Wildman–Crippen MR) is 60.6 cm³/mol. The Balaban J connectivity index is 2.56. The van der Waals surface area contributed by atoms with Gasteiger partial charge < -0.3 is 9.73 Å². The first-order valence-corrected chi connectivity index (χ1v) is 4.96. The average molecular weight is 221 g/mol. The van der Waals surface area contributed by atoms with E-state index in [0.717, 1.165) is 0 Å². The van der Waals surface area contributed by atoms with Gasteiger partial charge in [-0.15, -0.1) is 0 Å². The van der Waals surface area contributed by atoms with Crippen LogP contribution in [0.4, 0.5) is 0 Å². The molecule has 0 aliphatic heterocycles. The zero-order valence-corrected chi connectivity index (χ0v) is 9.61. The zero-order valence-electron chi connectivity index (χ0n) is 9.61. The van der Waals surface area contributed by atoms with Gasteiger partial charge in [-0.3, -0.25) is 9.59 Å². The molecule has 0 saturated carbocycles. The minimum Gasteiger partial charge on any atom is -0.465 e. The fourth-order valence-electron chi connectivity index (χ4n) is 1.02. The van der Waals surface area contributed by atoms with Gasteiger partial charge in [0.05, 0.1) is 6.26 Å². The Morgan fingerprint density at radius 2 is 2.06 bits per heavy atom. The SMILES string of the molecule is CC(C)(C)NC(=O)C(=O)/C=C/c1ccco1. The molecule has 1 N–H and O–H groups in total. The molecule has 1 amide bonds. The summed E-state index contributed by atoms with van der Waals surface area (Å²) in [5, 5.41) is 2.58. The molecule has 0 fully saturated rings. The third-order valence-corrected chi connectivity index (χ3v) is 1.65. The van der Waals surface area contributed by atoms with Crippen LogP contribution in [-0.2, 0) is 9.59 Å². The Labute approximate surface area is 94.3 Å². The van der Waals surface area contributed by atoms with Crippen LogP contribution in [-0.4, -0.2) is 17.2 Å². The lowest BCUT2D eigenvalue weighted by Gasteiger charge is -2.19. The molecule has 1 heterocycles. The van der Waals surface area contributed by atoms with Crippen molar-refractivity contribution in [3.8, 4) is 0 Å². The number of carbonyl (C=O) groups is 2.